The molecule has 9 heteroatoms. The van der Waals surface area contributed by atoms with Crippen molar-refractivity contribution in [3.8, 4) is 0 Å². The molecule has 1 fully saturated rings. The number of hydrogen-bond acceptors (Lipinski definition) is 6. The van der Waals surface area contributed by atoms with Crippen LogP contribution in [0.5, 0.6) is 0 Å². The van der Waals surface area contributed by atoms with Gasteiger partial charge in [-0.15, -0.1) is 0 Å². The Balaban J connectivity index is 1.76. The number of carbonyl (C=O) groups excluding carboxylic acids is 1. The first kappa shape index (κ1) is 18.1. The molecule has 1 aliphatic rings. The number of nitrogens with one attached hydrogen (secondary N) is 1. The van der Waals surface area contributed by atoms with Crippen LogP contribution >= 0.6 is 11.6 Å². The van der Waals surface area contributed by atoms with Gasteiger partial charge in [-0.3, -0.25) is 14.9 Å². The molecule has 0 saturated heterocycles. The molecule has 26 heavy (non-hydrogen) atoms. The molecule has 0 unspecified atom stereocenters. The summed E-state index contributed by atoms with van der Waals surface area (Å²) in [4.78, 5) is 27.0. The van der Waals surface area contributed by atoms with Crippen molar-refractivity contribution in [2.45, 2.75) is 38.1 Å². The van der Waals surface area contributed by atoms with Gasteiger partial charge < -0.3 is 9.84 Å². The van der Waals surface area contributed by atoms with Crippen molar-refractivity contribution in [3.05, 3.63) is 56.7 Å². The fourth-order valence-electron chi connectivity index (χ4n) is 3.10. The van der Waals surface area contributed by atoms with Gasteiger partial charge in [0.15, 0.2) is 5.82 Å². The molecule has 0 bridgehead atoms. The molecule has 8 nitrogen and oxygen atoms in total. The van der Waals surface area contributed by atoms with E-state index in [0.717, 1.165) is 25.7 Å². The van der Waals surface area contributed by atoms with Crippen LogP contribution in [-0.4, -0.2) is 21.0 Å². The number of hydrogen-bond donors (Lipinski definition) is 1. The van der Waals surface area contributed by atoms with Crippen LogP contribution in [0.2, 0.25) is 5.02 Å². The van der Waals surface area contributed by atoms with Crippen LogP contribution in [0.1, 0.15) is 43.0 Å². The molecule has 0 radical (unpaired) electrons. The van der Waals surface area contributed by atoms with Crippen molar-refractivity contribution in [1.29, 1.82) is 0 Å². The average Bonchev–Trinajstić information content (AvgIpc) is 3.24. The Morgan fingerprint density at radius 1 is 1.42 bits per heavy atom. The predicted molar refractivity (Wildman–Crippen MR) is 94.5 cm³/mol. The summed E-state index contributed by atoms with van der Waals surface area (Å²) in [6.45, 7) is 1.70. The van der Waals surface area contributed by atoms with Crippen LogP contribution < -0.4 is 5.32 Å². The van der Waals surface area contributed by atoms with Gasteiger partial charge in [-0.05, 0) is 30.5 Å². The number of aromatic nitrogens is 2. The predicted octanol–water partition coefficient (Wildman–Crippen LogP) is 3.54. The number of nitrogens with zero attached hydrogens (tertiary/aromatic N) is 3. The van der Waals surface area contributed by atoms with E-state index in [9.17, 15) is 14.9 Å². The van der Waals surface area contributed by atoms with Gasteiger partial charge in [-0.1, -0.05) is 35.7 Å². The van der Waals surface area contributed by atoms with Gasteiger partial charge >= 0.3 is 0 Å². The number of halogens is 1. The summed E-state index contributed by atoms with van der Waals surface area (Å²) >= 11 is 5.79. The standard InChI is InChI=1S/C17H17ClN4O4/c1-11-19-16(21-26-11)17(8-2-3-9-17)20-15(23)7-5-12-4-6-13(18)14(10-12)22(24)25/h4-7,10H,2-3,8-9H2,1H3,(H,20,23)/b7-5+. The number of carbonyl (C=O) groups is 1. The SMILES string of the molecule is Cc1nc(C2(NC(=O)/C=C/c3ccc(Cl)c([N+](=O)[O-])c3)CCCC2)no1. The van der Waals surface area contributed by atoms with E-state index in [4.69, 9.17) is 16.1 Å². The molecule has 1 heterocycles. The summed E-state index contributed by atoms with van der Waals surface area (Å²) in [5.41, 5.74) is -0.332. The molecule has 3 rings (SSSR count). The minimum absolute atomic E-state index is 0.0500. The highest BCUT2D eigenvalue weighted by Gasteiger charge is 2.40. The second-order valence-electron chi connectivity index (χ2n) is 6.22. The lowest BCUT2D eigenvalue weighted by molar-refractivity contribution is -0.384. The molecule has 1 aliphatic carbocycles. The fourth-order valence-corrected chi connectivity index (χ4v) is 3.29. The normalized spacial score (nSPS) is 16.1. The topological polar surface area (TPSA) is 111 Å². The molecule has 1 amide bonds. The van der Waals surface area contributed by atoms with Crippen molar-refractivity contribution in [3.63, 3.8) is 0 Å². The molecule has 1 saturated carbocycles. The maximum absolute atomic E-state index is 12.4. The van der Waals surface area contributed by atoms with E-state index < -0.39 is 10.5 Å². The highest BCUT2D eigenvalue weighted by Crippen LogP contribution is 2.37. The van der Waals surface area contributed by atoms with E-state index in [0.29, 0.717) is 17.3 Å². The van der Waals surface area contributed by atoms with Crippen LogP contribution in [0.3, 0.4) is 0 Å². The molecule has 1 aromatic heterocycles. The zero-order chi connectivity index (χ0) is 18.7. The molecule has 1 N–H and O–H groups in total. The molecular formula is C17H17ClN4O4. The quantitative estimate of drug-likeness (QED) is 0.485. The van der Waals surface area contributed by atoms with Crippen molar-refractivity contribution in [2.24, 2.45) is 0 Å². The Bertz CT molecular complexity index is 871. The lowest BCUT2D eigenvalue weighted by atomic mass is 9.96. The number of nitro benzene ring substituents is 1. The van der Waals surface area contributed by atoms with Crippen molar-refractivity contribution < 1.29 is 14.2 Å². The highest BCUT2D eigenvalue weighted by molar-refractivity contribution is 6.32. The summed E-state index contributed by atoms with van der Waals surface area (Å²) in [5, 5.41) is 17.9. The zero-order valence-corrected chi connectivity index (χ0v) is 14.8. The van der Waals surface area contributed by atoms with Gasteiger partial charge in [0.25, 0.3) is 5.69 Å². The van der Waals surface area contributed by atoms with Crippen LogP contribution in [0.25, 0.3) is 6.08 Å². The Morgan fingerprint density at radius 2 is 2.15 bits per heavy atom. The van der Waals surface area contributed by atoms with Gasteiger partial charge in [-0.2, -0.15) is 4.98 Å². The third-order valence-electron chi connectivity index (χ3n) is 4.37. The molecule has 0 aliphatic heterocycles. The van der Waals surface area contributed by atoms with Gasteiger partial charge in [-0.25, -0.2) is 0 Å². The monoisotopic (exact) mass is 376 g/mol. The number of benzene rings is 1. The highest BCUT2D eigenvalue weighted by atomic mass is 35.5. The Kier molecular flexibility index (Phi) is 5.03. The maximum atomic E-state index is 12.4. The summed E-state index contributed by atoms with van der Waals surface area (Å²) in [5.74, 6) is 0.605. The van der Waals surface area contributed by atoms with E-state index in [-0.39, 0.29) is 16.6 Å². The first-order valence-electron chi connectivity index (χ1n) is 8.15. The summed E-state index contributed by atoms with van der Waals surface area (Å²) in [7, 11) is 0. The maximum Gasteiger partial charge on any atom is 0.288 e. The van der Waals surface area contributed by atoms with Crippen LogP contribution in [0.4, 0.5) is 5.69 Å². The van der Waals surface area contributed by atoms with Crippen molar-refractivity contribution in [2.75, 3.05) is 0 Å². The average molecular weight is 377 g/mol. The smallest absolute Gasteiger partial charge is 0.288 e. The number of rotatable bonds is 5. The largest absolute Gasteiger partial charge is 0.340 e. The fraction of sp³-hybridized carbons (Fsp3) is 0.353. The lowest BCUT2D eigenvalue weighted by Gasteiger charge is -2.25. The zero-order valence-electron chi connectivity index (χ0n) is 14.1. The van der Waals surface area contributed by atoms with Crippen molar-refractivity contribution >= 4 is 29.3 Å². The molecule has 136 valence electrons. The van der Waals surface area contributed by atoms with E-state index in [2.05, 4.69) is 15.5 Å². The number of amides is 1. The Morgan fingerprint density at radius 3 is 2.77 bits per heavy atom. The first-order chi connectivity index (χ1) is 12.4. The molecular weight excluding hydrogens is 360 g/mol. The third-order valence-corrected chi connectivity index (χ3v) is 4.69. The first-order valence-corrected chi connectivity index (χ1v) is 8.52. The minimum atomic E-state index is -0.634. The second kappa shape index (κ2) is 7.25. The van der Waals surface area contributed by atoms with Crippen molar-refractivity contribution in [1.82, 2.24) is 15.5 Å². The Hall–Kier alpha value is -2.74. The second-order valence-corrected chi connectivity index (χ2v) is 6.62. The minimum Gasteiger partial charge on any atom is -0.340 e. The number of aryl methyl sites for hydroxylation is 1. The third kappa shape index (κ3) is 3.75. The van der Waals surface area contributed by atoms with E-state index in [1.54, 1.807) is 13.0 Å². The number of nitro groups is 1. The van der Waals surface area contributed by atoms with Gasteiger partial charge in [0, 0.05) is 19.1 Å². The molecule has 2 aromatic rings. The van der Waals surface area contributed by atoms with Crippen LogP contribution in [0.15, 0.2) is 28.8 Å². The van der Waals surface area contributed by atoms with Crippen LogP contribution in [0, 0.1) is 17.0 Å². The molecule has 1 aromatic carbocycles. The summed E-state index contributed by atoms with van der Waals surface area (Å²) < 4.78 is 5.05. The van der Waals surface area contributed by atoms with Gasteiger partial charge in [0.1, 0.15) is 10.6 Å². The van der Waals surface area contributed by atoms with Gasteiger partial charge in [0.2, 0.25) is 11.8 Å². The van der Waals surface area contributed by atoms with E-state index in [1.165, 1.54) is 24.3 Å². The molecule has 0 spiro atoms. The van der Waals surface area contributed by atoms with E-state index in [1.807, 2.05) is 0 Å². The summed E-state index contributed by atoms with van der Waals surface area (Å²) in [6, 6.07) is 4.35. The lowest BCUT2D eigenvalue weighted by Crippen LogP contribution is -2.44. The molecule has 0 atom stereocenters. The van der Waals surface area contributed by atoms with Gasteiger partial charge in [0.05, 0.1) is 4.92 Å². The van der Waals surface area contributed by atoms with E-state index >= 15 is 0 Å². The summed E-state index contributed by atoms with van der Waals surface area (Å²) in [6.07, 6.45) is 6.22. The van der Waals surface area contributed by atoms with Crippen LogP contribution in [-0.2, 0) is 10.3 Å². The Labute approximate surface area is 154 Å².